The predicted octanol–water partition coefficient (Wildman–Crippen LogP) is 2.97. The first-order chi connectivity index (χ1) is 12.0. The van der Waals surface area contributed by atoms with Crippen LogP contribution in [-0.2, 0) is 4.79 Å². The first kappa shape index (κ1) is 16.3. The number of amides is 1. The molecule has 4 N–H and O–H groups in total. The number of hydrogen-bond acceptors (Lipinski definition) is 5. The van der Waals surface area contributed by atoms with Gasteiger partial charge in [-0.3, -0.25) is 4.79 Å². The fourth-order valence-corrected chi connectivity index (χ4v) is 2.44. The molecule has 128 valence electrons. The lowest BCUT2D eigenvalue weighted by molar-refractivity contribution is -0.114. The van der Waals surface area contributed by atoms with Gasteiger partial charge in [-0.25, -0.2) is 9.78 Å². The molecule has 25 heavy (non-hydrogen) atoms. The number of aromatic carboxylic acids is 1. The van der Waals surface area contributed by atoms with Crippen molar-refractivity contribution < 1.29 is 19.4 Å². The van der Waals surface area contributed by atoms with Crippen LogP contribution in [0.25, 0.3) is 10.9 Å². The number of carbonyl (C=O) groups excluding carboxylic acids is 1. The SMILES string of the molecule is COc1ccc(Nc2cc(NC(C)=O)cc3[nH]c(C(=O)O)cc23)nc1. The van der Waals surface area contributed by atoms with Gasteiger partial charge in [-0.15, -0.1) is 0 Å². The Bertz CT molecular complexity index is 947. The van der Waals surface area contributed by atoms with Crippen molar-refractivity contribution in [2.45, 2.75) is 6.92 Å². The highest BCUT2D eigenvalue weighted by molar-refractivity contribution is 6.03. The largest absolute Gasteiger partial charge is 0.495 e. The first-order valence-electron chi connectivity index (χ1n) is 7.41. The summed E-state index contributed by atoms with van der Waals surface area (Å²) >= 11 is 0. The number of anilines is 3. The molecule has 8 heteroatoms. The monoisotopic (exact) mass is 340 g/mol. The number of benzene rings is 1. The highest BCUT2D eigenvalue weighted by atomic mass is 16.5. The van der Waals surface area contributed by atoms with Gasteiger partial charge in [0.05, 0.1) is 24.5 Å². The Kier molecular flexibility index (Phi) is 4.25. The standard InChI is InChI=1S/C17H16N4O4/c1-9(22)19-10-5-13-12(7-15(20-13)17(23)24)14(6-10)21-16-4-3-11(25-2)8-18-16/h3-8,20H,1-2H3,(H,18,21)(H,19,22)(H,23,24). The highest BCUT2D eigenvalue weighted by Gasteiger charge is 2.13. The van der Waals surface area contributed by atoms with Crippen LogP contribution in [0.4, 0.5) is 17.2 Å². The van der Waals surface area contributed by atoms with Gasteiger partial charge in [0.25, 0.3) is 0 Å². The number of ether oxygens (including phenoxy) is 1. The second-order valence-electron chi connectivity index (χ2n) is 5.36. The Balaban J connectivity index is 2.05. The second kappa shape index (κ2) is 6.52. The summed E-state index contributed by atoms with van der Waals surface area (Å²) in [6.45, 7) is 1.40. The number of aromatic amines is 1. The van der Waals surface area contributed by atoms with E-state index in [-0.39, 0.29) is 11.6 Å². The lowest BCUT2D eigenvalue weighted by Crippen LogP contribution is -2.06. The van der Waals surface area contributed by atoms with Crippen LogP contribution in [0.5, 0.6) is 5.75 Å². The van der Waals surface area contributed by atoms with Gasteiger partial charge in [-0.2, -0.15) is 0 Å². The average Bonchev–Trinajstić information content (AvgIpc) is 2.99. The summed E-state index contributed by atoms with van der Waals surface area (Å²) in [5, 5.41) is 15.7. The number of rotatable bonds is 5. The number of aromatic nitrogens is 2. The first-order valence-corrected chi connectivity index (χ1v) is 7.41. The van der Waals surface area contributed by atoms with Crippen molar-refractivity contribution in [2.75, 3.05) is 17.7 Å². The molecule has 0 atom stereocenters. The third-order valence-corrected chi connectivity index (χ3v) is 3.52. The Morgan fingerprint density at radius 3 is 2.64 bits per heavy atom. The molecule has 0 bridgehead atoms. The zero-order valence-corrected chi connectivity index (χ0v) is 13.6. The molecule has 0 saturated carbocycles. The van der Waals surface area contributed by atoms with Crippen LogP contribution in [0.2, 0.25) is 0 Å². The van der Waals surface area contributed by atoms with E-state index in [1.54, 1.807) is 37.6 Å². The highest BCUT2D eigenvalue weighted by Crippen LogP contribution is 2.31. The smallest absolute Gasteiger partial charge is 0.352 e. The maximum Gasteiger partial charge on any atom is 0.352 e. The van der Waals surface area contributed by atoms with E-state index in [1.807, 2.05) is 0 Å². The van der Waals surface area contributed by atoms with Gasteiger partial charge >= 0.3 is 5.97 Å². The van der Waals surface area contributed by atoms with Crippen molar-refractivity contribution in [2.24, 2.45) is 0 Å². The number of carbonyl (C=O) groups is 2. The molecule has 0 radical (unpaired) electrons. The number of hydrogen-bond donors (Lipinski definition) is 4. The third kappa shape index (κ3) is 3.52. The molecular weight excluding hydrogens is 324 g/mol. The average molecular weight is 340 g/mol. The van der Waals surface area contributed by atoms with E-state index >= 15 is 0 Å². The van der Waals surface area contributed by atoms with E-state index in [0.717, 1.165) is 0 Å². The fourth-order valence-electron chi connectivity index (χ4n) is 2.44. The van der Waals surface area contributed by atoms with E-state index < -0.39 is 5.97 Å². The molecule has 0 aliphatic rings. The fraction of sp³-hybridized carbons (Fsp3) is 0.118. The second-order valence-corrected chi connectivity index (χ2v) is 5.36. The van der Waals surface area contributed by atoms with E-state index in [4.69, 9.17) is 4.74 Å². The maximum absolute atomic E-state index is 11.3. The van der Waals surface area contributed by atoms with Gasteiger partial charge in [0.1, 0.15) is 17.3 Å². The summed E-state index contributed by atoms with van der Waals surface area (Å²) in [5.41, 5.74) is 1.79. The summed E-state index contributed by atoms with van der Waals surface area (Å²) in [5.74, 6) is -0.110. The van der Waals surface area contributed by atoms with Crippen molar-refractivity contribution in [3.8, 4) is 5.75 Å². The van der Waals surface area contributed by atoms with Gasteiger partial charge in [-0.05, 0) is 30.3 Å². The molecule has 3 rings (SSSR count). The molecule has 2 heterocycles. The molecule has 0 aliphatic carbocycles. The van der Waals surface area contributed by atoms with Crippen LogP contribution in [0.1, 0.15) is 17.4 Å². The van der Waals surface area contributed by atoms with Crippen LogP contribution in [-0.4, -0.2) is 34.1 Å². The zero-order chi connectivity index (χ0) is 18.0. The molecular formula is C17H16N4O4. The quantitative estimate of drug-likeness (QED) is 0.567. The molecule has 0 unspecified atom stereocenters. The van der Waals surface area contributed by atoms with Gasteiger partial charge in [0, 0.05) is 18.0 Å². The molecule has 0 aliphatic heterocycles. The number of carboxylic acid groups (broad SMARTS) is 1. The van der Waals surface area contributed by atoms with Crippen LogP contribution in [0.15, 0.2) is 36.5 Å². The van der Waals surface area contributed by atoms with E-state index in [0.29, 0.717) is 33.8 Å². The van der Waals surface area contributed by atoms with Crippen LogP contribution < -0.4 is 15.4 Å². The van der Waals surface area contributed by atoms with E-state index in [2.05, 4.69) is 20.6 Å². The minimum absolute atomic E-state index is 0.0562. The Labute approximate surface area is 142 Å². The van der Waals surface area contributed by atoms with Gasteiger partial charge < -0.3 is 25.5 Å². The van der Waals surface area contributed by atoms with Crippen LogP contribution in [0.3, 0.4) is 0 Å². The number of fused-ring (bicyclic) bond motifs is 1. The van der Waals surface area contributed by atoms with Gasteiger partial charge in [0.2, 0.25) is 5.91 Å². The summed E-state index contributed by atoms with van der Waals surface area (Å²) < 4.78 is 5.07. The molecule has 8 nitrogen and oxygen atoms in total. The van der Waals surface area contributed by atoms with Crippen molar-refractivity contribution >= 4 is 40.0 Å². The third-order valence-electron chi connectivity index (χ3n) is 3.52. The normalized spacial score (nSPS) is 10.5. The number of pyridine rings is 1. The van der Waals surface area contributed by atoms with Gasteiger partial charge in [-0.1, -0.05) is 0 Å². The summed E-state index contributed by atoms with van der Waals surface area (Å²) in [6, 6.07) is 8.41. The maximum atomic E-state index is 11.3. The number of methoxy groups -OCH3 is 1. The Morgan fingerprint density at radius 1 is 1.24 bits per heavy atom. The number of carboxylic acids is 1. The lowest BCUT2D eigenvalue weighted by Gasteiger charge is -2.10. The predicted molar refractivity (Wildman–Crippen MR) is 93.6 cm³/mol. The van der Waals surface area contributed by atoms with Crippen LogP contribution >= 0.6 is 0 Å². The summed E-state index contributed by atoms with van der Waals surface area (Å²) in [6.07, 6.45) is 1.57. The topological polar surface area (TPSA) is 116 Å². The molecule has 0 fully saturated rings. The van der Waals surface area contributed by atoms with E-state index in [1.165, 1.54) is 13.0 Å². The number of nitrogens with one attached hydrogen (secondary N) is 3. The van der Waals surface area contributed by atoms with E-state index in [9.17, 15) is 14.7 Å². The summed E-state index contributed by atoms with van der Waals surface area (Å²) in [7, 11) is 1.55. The molecule has 1 amide bonds. The van der Waals surface area contributed by atoms with Crippen molar-refractivity contribution in [3.63, 3.8) is 0 Å². The molecule has 0 spiro atoms. The minimum Gasteiger partial charge on any atom is -0.495 e. The molecule has 3 aromatic rings. The van der Waals surface area contributed by atoms with Crippen molar-refractivity contribution in [3.05, 3.63) is 42.2 Å². The van der Waals surface area contributed by atoms with Crippen molar-refractivity contribution in [1.82, 2.24) is 9.97 Å². The molecule has 2 aromatic heterocycles. The van der Waals surface area contributed by atoms with Gasteiger partial charge in [0.15, 0.2) is 0 Å². The van der Waals surface area contributed by atoms with Crippen molar-refractivity contribution in [1.29, 1.82) is 0 Å². The zero-order valence-electron chi connectivity index (χ0n) is 13.6. The number of nitrogens with zero attached hydrogens (tertiary/aromatic N) is 1. The van der Waals surface area contributed by atoms with Crippen LogP contribution in [0, 0.1) is 0 Å². The minimum atomic E-state index is -1.06. The Hall–Kier alpha value is -3.55. The lowest BCUT2D eigenvalue weighted by atomic mass is 10.2. The number of H-pyrrole nitrogens is 1. The Morgan fingerprint density at radius 2 is 2.04 bits per heavy atom. The molecule has 0 saturated heterocycles. The summed E-state index contributed by atoms with van der Waals surface area (Å²) in [4.78, 5) is 29.6. The molecule has 1 aromatic carbocycles.